The molecule has 1 aliphatic rings. The summed E-state index contributed by atoms with van der Waals surface area (Å²) >= 11 is 0. The molecule has 1 fully saturated rings. The number of phenols is 2. The fourth-order valence-corrected chi connectivity index (χ4v) is 6.17. The summed E-state index contributed by atoms with van der Waals surface area (Å²) in [5, 5.41) is 23.5. The molecule has 0 saturated heterocycles. The maximum atomic E-state index is 11.8. The van der Waals surface area contributed by atoms with E-state index in [-0.39, 0.29) is 16.7 Å². The topological polar surface area (TPSA) is 40.5 Å². The van der Waals surface area contributed by atoms with Gasteiger partial charge in [-0.25, -0.2) is 0 Å². The van der Waals surface area contributed by atoms with Crippen LogP contribution in [0.1, 0.15) is 121 Å². The van der Waals surface area contributed by atoms with Crippen molar-refractivity contribution in [3.63, 3.8) is 0 Å². The van der Waals surface area contributed by atoms with Crippen LogP contribution >= 0.6 is 0 Å². The molecule has 0 amide bonds. The van der Waals surface area contributed by atoms with Crippen molar-refractivity contribution in [3.05, 3.63) is 57.6 Å². The summed E-state index contributed by atoms with van der Waals surface area (Å²) in [6, 6.07) is 8.81. The lowest BCUT2D eigenvalue weighted by Gasteiger charge is -2.35. The lowest BCUT2D eigenvalue weighted by atomic mass is 9.69. The summed E-state index contributed by atoms with van der Waals surface area (Å²) < 4.78 is 0. The molecule has 0 heterocycles. The van der Waals surface area contributed by atoms with Crippen LogP contribution in [0.4, 0.5) is 0 Å². The second kappa shape index (κ2) is 9.59. The van der Waals surface area contributed by atoms with Gasteiger partial charge >= 0.3 is 0 Å². The molecule has 0 aromatic heterocycles. The van der Waals surface area contributed by atoms with Gasteiger partial charge in [-0.15, -0.1) is 0 Å². The highest BCUT2D eigenvalue weighted by molar-refractivity contribution is 5.57. The number of hydrogen-bond acceptors (Lipinski definition) is 2. The van der Waals surface area contributed by atoms with Crippen molar-refractivity contribution in [2.45, 2.75) is 112 Å². The molecular weight excluding hydrogens is 416 g/mol. The van der Waals surface area contributed by atoms with Gasteiger partial charge in [0.15, 0.2) is 0 Å². The van der Waals surface area contributed by atoms with Crippen molar-refractivity contribution in [2.24, 2.45) is 17.8 Å². The Morgan fingerprint density at radius 2 is 1.06 bits per heavy atom. The van der Waals surface area contributed by atoms with E-state index in [1.54, 1.807) is 0 Å². The van der Waals surface area contributed by atoms with E-state index in [1.807, 2.05) is 0 Å². The fraction of sp³-hybridized carbons (Fsp3) is 0.625. The maximum absolute atomic E-state index is 11.8. The average molecular weight is 465 g/mol. The Kier molecular flexibility index (Phi) is 7.52. The largest absolute Gasteiger partial charge is 0.507 e. The summed E-state index contributed by atoms with van der Waals surface area (Å²) in [5.74, 6) is 2.24. The Labute approximate surface area is 208 Å². The average Bonchev–Trinajstić information content (AvgIpc) is 3.07. The molecule has 188 valence electrons. The SMILES string of the molecule is CCc1cc(C(c2cc(CC)cc(C(C)(C)C)c2O)C2C(C)CCC2C)c(O)c(C(C)(C)C)c1. The molecule has 2 aromatic rings. The summed E-state index contributed by atoms with van der Waals surface area (Å²) in [7, 11) is 0. The summed E-state index contributed by atoms with van der Waals surface area (Å²) in [6.07, 6.45) is 4.24. The Hall–Kier alpha value is -1.96. The molecule has 3 rings (SSSR count). The van der Waals surface area contributed by atoms with E-state index in [0.717, 1.165) is 35.1 Å². The predicted molar refractivity (Wildman–Crippen MR) is 145 cm³/mol. The Morgan fingerprint density at radius 1 is 0.706 bits per heavy atom. The third kappa shape index (κ3) is 5.02. The number of phenolic OH excluding ortho intramolecular Hbond substituents is 2. The standard InChI is InChI=1S/C32H48O2/c1-11-21-15-23(29(33)25(17-21)31(5,6)7)28(27-19(3)13-14-20(27)4)24-16-22(12-2)18-26(30(24)34)32(8,9)10/h15-20,27-28,33-34H,11-14H2,1-10H3. The van der Waals surface area contributed by atoms with Crippen molar-refractivity contribution < 1.29 is 10.2 Å². The molecule has 34 heavy (non-hydrogen) atoms. The predicted octanol–water partition coefficient (Wildman–Crippen LogP) is 8.63. The molecular formula is C32H48O2. The molecule has 0 bridgehead atoms. The lowest BCUT2D eigenvalue weighted by Crippen LogP contribution is -2.24. The third-order valence-corrected chi connectivity index (χ3v) is 8.28. The van der Waals surface area contributed by atoms with Gasteiger partial charge in [0.2, 0.25) is 0 Å². The first kappa shape index (κ1) is 26.6. The third-order valence-electron chi connectivity index (χ3n) is 8.28. The van der Waals surface area contributed by atoms with Gasteiger partial charge < -0.3 is 10.2 Å². The van der Waals surface area contributed by atoms with Crippen LogP contribution in [-0.2, 0) is 23.7 Å². The van der Waals surface area contributed by atoms with Gasteiger partial charge in [-0.05, 0) is 63.7 Å². The summed E-state index contributed by atoms with van der Waals surface area (Å²) in [4.78, 5) is 0. The zero-order valence-corrected chi connectivity index (χ0v) is 23.3. The summed E-state index contributed by atoms with van der Waals surface area (Å²) in [5.41, 5.74) is 6.19. The quantitative estimate of drug-likeness (QED) is 0.465. The van der Waals surface area contributed by atoms with Crippen molar-refractivity contribution in [3.8, 4) is 11.5 Å². The Morgan fingerprint density at radius 3 is 1.35 bits per heavy atom. The number of benzene rings is 2. The fourth-order valence-electron chi connectivity index (χ4n) is 6.17. The van der Waals surface area contributed by atoms with Crippen LogP contribution in [0.3, 0.4) is 0 Å². The minimum Gasteiger partial charge on any atom is -0.507 e. The molecule has 0 radical (unpaired) electrons. The first-order valence-electron chi connectivity index (χ1n) is 13.4. The van der Waals surface area contributed by atoms with Gasteiger partial charge in [0.1, 0.15) is 11.5 Å². The number of rotatable bonds is 5. The normalized spacial score (nSPS) is 21.4. The van der Waals surface area contributed by atoms with E-state index in [2.05, 4.69) is 93.5 Å². The highest BCUT2D eigenvalue weighted by Crippen LogP contribution is 2.54. The van der Waals surface area contributed by atoms with E-state index in [0.29, 0.717) is 29.3 Å². The van der Waals surface area contributed by atoms with E-state index in [9.17, 15) is 10.2 Å². The van der Waals surface area contributed by atoms with E-state index in [1.165, 1.54) is 24.0 Å². The van der Waals surface area contributed by atoms with Crippen LogP contribution in [0.2, 0.25) is 0 Å². The van der Waals surface area contributed by atoms with Gasteiger partial charge in [-0.1, -0.05) is 106 Å². The first-order valence-corrected chi connectivity index (χ1v) is 13.4. The zero-order chi connectivity index (χ0) is 25.6. The molecule has 2 nitrogen and oxygen atoms in total. The smallest absolute Gasteiger partial charge is 0.123 e. The molecule has 0 spiro atoms. The van der Waals surface area contributed by atoms with Crippen LogP contribution < -0.4 is 0 Å². The van der Waals surface area contributed by atoms with E-state index < -0.39 is 0 Å². The van der Waals surface area contributed by atoms with Gasteiger partial charge in [-0.3, -0.25) is 0 Å². The molecule has 2 heteroatoms. The lowest BCUT2D eigenvalue weighted by molar-refractivity contribution is 0.297. The Balaban J connectivity index is 2.42. The number of hydrogen-bond donors (Lipinski definition) is 2. The minimum absolute atomic E-state index is 0.0345. The van der Waals surface area contributed by atoms with Crippen LogP contribution in [0.5, 0.6) is 11.5 Å². The molecule has 2 atom stereocenters. The second-order valence-corrected chi connectivity index (χ2v) is 13.0. The van der Waals surface area contributed by atoms with Gasteiger partial charge in [0.25, 0.3) is 0 Å². The van der Waals surface area contributed by atoms with Gasteiger partial charge in [0, 0.05) is 17.0 Å². The first-order chi connectivity index (χ1) is 15.7. The van der Waals surface area contributed by atoms with E-state index >= 15 is 0 Å². The number of aryl methyl sites for hydroxylation is 2. The van der Waals surface area contributed by atoms with Crippen molar-refractivity contribution in [2.75, 3.05) is 0 Å². The summed E-state index contributed by atoms with van der Waals surface area (Å²) in [6.45, 7) is 22.1. The molecule has 1 aliphatic carbocycles. The maximum Gasteiger partial charge on any atom is 0.123 e. The molecule has 2 unspecified atom stereocenters. The van der Waals surface area contributed by atoms with Crippen LogP contribution in [0.15, 0.2) is 24.3 Å². The Bertz CT molecular complexity index is 937. The molecule has 2 N–H and O–H groups in total. The second-order valence-electron chi connectivity index (χ2n) is 13.0. The highest BCUT2D eigenvalue weighted by Gasteiger charge is 2.41. The number of aromatic hydroxyl groups is 2. The monoisotopic (exact) mass is 464 g/mol. The molecule has 1 saturated carbocycles. The van der Waals surface area contributed by atoms with Crippen LogP contribution in [-0.4, -0.2) is 10.2 Å². The van der Waals surface area contributed by atoms with Crippen LogP contribution in [0.25, 0.3) is 0 Å². The van der Waals surface area contributed by atoms with E-state index in [4.69, 9.17) is 0 Å². The van der Waals surface area contributed by atoms with Crippen molar-refractivity contribution in [1.29, 1.82) is 0 Å². The molecule has 2 aromatic carbocycles. The van der Waals surface area contributed by atoms with Crippen molar-refractivity contribution in [1.82, 2.24) is 0 Å². The van der Waals surface area contributed by atoms with Gasteiger partial charge in [0.05, 0.1) is 0 Å². The van der Waals surface area contributed by atoms with Gasteiger partial charge in [-0.2, -0.15) is 0 Å². The van der Waals surface area contributed by atoms with Crippen molar-refractivity contribution >= 4 is 0 Å². The van der Waals surface area contributed by atoms with Crippen LogP contribution in [0, 0.1) is 17.8 Å². The highest BCUT2D eigenvalue weighted by atomic mass is 16.3. The molecule has 0 aliphatic heterocycles. The zero-order valence-electron chi connectivity index (χ0n) is 23.3. The minimum atomic E-state index is -0.161.